The maximum absolute atomic E-state index is 2.76. The van der Waals surface area contributed by atoms with Gasteiger partial charge >= 0.3 is 119 Å². The molecule has 1 aliphatic carbocycles. The van der Waals surface area contributed by atoms with Crippen LogP contribution >= 0.6 is 0 Å². The van der Waals surface area contributed by atoms with Crippen LogP contribution in [0.2, 0.25) is 3.63 Å². The van der Waals surface area contributed by atoms with Gasteiger partial charge in [-0.3, -0.25) is 0 Å². The van der Waals surface area contributed by atoms with Crippen LogP contribution in [0, 0.1) is 0 Å². The Kier molecular flexibility index (Phi) is 6.46. The SMILES string of the molecule is CC[N](C)[Zr]([CH]1C=CC=C1)([N](C)CC)[N](C)CC. The standard InChI is InChI=1S/C5H5.3C3H8N.Zr/c1-2-4-5-3-1;3*1-3-4-2;/h1-5H;3*3H2,1-2H3;/q;3*-1;+3. The molecule has 18 heavy (non-hydrogen) atoms. The van der Waals surface area contributed by atoms with Gasteiger partial charge in [0, 0.05) is 0 Å². The first kappa shape index (κ1) is 16.3. The summed E-state index contributed by atoms with van der Waals surface area (Å²) in [6, 6.07) is 0. The summed E-state index contributed by atoms with van der Waals surface area (Å²) in [5.41, 5.74) is 0. The summed E-state index contributed by atoms with van der Waals surface area (Å²) >= 11 is -2.76. The third kappa shape index (κ3) is 2.72. The second-order valence-electron chi connectivity index (χ2n) is 5.03. The van der Waals surface area contributed by atoms with Crippen LogP contribution in [-0.4, -0.2) is 49.3 Å². The van der Waals surface area contributed by atoms with Crippen LogP contribution in [0.15, 0.2) is 24.3 Å². The van der Waals surface area contributed by atoms with Gasteiger partial charge in [-0.05, 0) is 0 Å². The predicted molar refractivity (Wildman–Crippen MR) is 76.9 cm³/mol. The summed E-state index contributed by atoms with van der Waals surface area (Å²) < 4.78 is 8.60. The van der Waals surface area contributed by atoms with Crippen molar-refractivity contribution in [3.63, 3.8) is 0 Å². The van der Waals surface area contributed by atoms with E-state index < -0.39 is 21.1 Å². The van der Waals surface area contributed by atoms with Gasteiger partial charge in [-0.25, -0.2) is 0 Å². The zero-order valence-corrected chi connectivity index (χ0v) is 15.3. The molecule has 0 aromatic carbocycles. The molecule has 3 nitrogen and oxygen atoms in total. The van der Waals surface area contributed by atoms with Gasteiger partial charge in [0.2, 0.25) is 0 Å². The van der Waals surface area contributed by atoms with Crippen molar-refractivity contribution >= 4 is 0 Å². The fourth-order valence-electron chi connectivity index (χ4n) is 3.03. The predicted octanol–water partition coefficient (Wildman–Crippen LogP) is 2.65. The number of allylic oxidation sites excluding steroid dienone is 4. The van der Waals surface area contributed by atoms with Crippen LogP contribution in [-0.2, 0) is 21.1 Å². The molecular weight excluding hydrogens is 301 g/mol. The Hall–Kier alpha value is 0.243. The summed E-state index contributed by atoms with van der Waals surface area (Å²) in [7, 11) is 6.94. The molecule has 1 aliphatic rings. The van der Waals surface area contributed by atoms with Crippen molar-refractivity contribution in [1.29, 1.82) is 0 Å². The molecule has 0 atom stereocenters. The van der Waals surface area contributed by atoms with Gasteiger partial charge in [0.25, 0.3) is 0 Å². The van der Waals surface area contributed by atoms with Gasteiger partial charge in [-0.15, -0.1) is 0 Å². The zero-order chi connectivity index (χ0) is 13.8. The minimum atomic E-state index is -2.76. The van der Waals surface area contributed by atoms with Gasteiger partial charge in [0.1, 0.15) is 0 Å². The summed E-state index contributed by atoms with van der Waals surface area (Å²) in [4.78, 5) is 0. The van der Waals surface area contributed by atoms with Gasteiger partial charge in [-0.2, -0.15) is 0 Å². The Bertz CT molecular complexity index is 276. The molecule has 0 saturated carbocycles. The Morgan fingerprint density at radius 1 is 0.778 bits per heavy atom. The first-order chi connectivity index (χ1) is 8.55. The number of nitrogens with zero attached hydrogens (tertiary/aromatic N) is 3. The van der Waals surface area contributed by atoms with Crippen molar-refractivity contribution in [3.05, 3.63) is 24.3 Å². The van der Waals surface area contributed by atoms with E-state index in [4.69, 9.17) is 0 Å². The Balaban J connectivity index is 3.24. The number of hydrogen-bond acceptors (Lipinski definition) is 3. The van der Waals surface area contributed by atoms with Crippen LogP contribution in [0.3, 0.4) is 0 Å². The molecular formula is C14H29N3Zr. The van der Waals surface area contributed by atoms with Crippen molar-refractivity contribution in [2.45, 2.75) is 24.4 Å². The molecule has 104 valence electrons. The van der Waals surface area contributed by atoms with Crippen LogP contribution in [0.1, 0.15) is 20.8 Å². The molecule has 0 heterocycles. The molecule has 0 fully saturated rings. The molecule has 0 unspecified atom stereocenters. The molecule has 0 radical (unpaired) electrons. The first-order valence-corrected chi connectivity index (χ1v) is 11.8. The van der Waals surface area contributed by atoms with E-state index >= 15 is 0 Å². The van der Waals surface area contributed by atoms with E-state index in [9.17, 15) is 0 Å². The van der Waals surface area contributed by atoms with Gasteiger partial charge in [-0.1, -0.05) is 0 Å². The van der Waals surface area contributed by atoms with Crippen molar-refractivity contribution in [3.8, 4) is 0 Å². The molecule has 4 heteroatoms. The van der Waals surface area contributed by atoms with Gasteiger partial charge in [0.05, 0.1) is 0 Å². The molecule has 1 rings (SSSR count). The van der Waals surface area contributed by atoms with E-state index in [-0.39, 0.29) is 0 Å². The number of rotatable bonds is 7. The topological polar surface area (TPSA) is 9.72 Å². The van der Waals surface area contributed by atoms with Crippen LogP contribution in [0.25, 0.3) is 0 Å². The van der Waals surface area contributed by atoms with Crippen molar-refractivity contribution < 1.29 is 21.1 Å². The quantitative estimate of drug-likeness (QED) is 0.710. The summed E-state index contributed by atoms with van der Waals surface area (Å²) in [6.45, 7) is 10.2. The van der Waals surface area contributed by atoms with Crippen molar-refractivity contribution in [2.75, 3.05) is 40.8 Å². The van der Waals surface area contributed by atoms with Gasteiger partial charge in [0.15, 0.2) is 0 Å². The molecule has 0 bridgehead atoms. The Morgan fingerprint density at radius 2 is 1.11 bits per heavy atom. The van der Waals surface area contributed by atoms with Crippen molar-refractivity contribution in [2.24, 2.45) is 0 Å². The molecule has 0 aromatic heterocycles. The van der Waals surface area contributed by atoms with Crippen LogP contribution in [0.5, 0.6) is 0 Å². The fourth-order valence-corrected chi connectivity index (χ4v) is 16.3. The Labute approximate surface area is 119 Å². The first-order valence-electron chi connectivity index (χ1n) is 7.04. The second-order valence-corrected chi connectivity index (χ2v) is 15.7. The van der Waals surface area contributed by atoms with E-state index in [0.29, 0.717) is 3.63 Å². The second kappa shape index (κ2) is 7.14. The molecule has 0 aromatic rings. The molecule has 0 aliphatic heterocycles. The van der Waals surface area contributed by atoms with E-state index in [1.54, 1.807) is 0 Å². The summed E-state index contributed by atoms with van der Waals surface area (Å²) in [6.07, 6.45) is 9.24. The Morgan fingerprint density at radius 3 is 1.39 bits per heavy atom. The van der Waals surface area contributed by atoms with E-state index in [2.05, 4.69) is 74.7 Å². The van der Waals surface area contributed by atoms with E-state index in [0.717, 1.165) is 19.6 Å². The average molecular weight is 331 g/mol. The van der Waals surface area contributed by atoms with Crippen LogP contribution in [0.4, 0.5) is 0 Å². The molecule has 0 N–H and O–H groups in total. The monoisotopic (exact) mass is 329 g/mol. The summed E-state index contributed by atoms with van der Waals surface area (Å²) in [5.74, 6) is 0. The number of hydrogen-bond donors (Lipinski definition) is 0. The third-order valence-electron chi connectivity index (χ3n) is 4.30. The van der Waals surface area contributed by atoms with Crippen LogP contribution < -0.4 is 0 Å². The summed E-state index contributed by atoms with van der Waals surface area (Å²) in [5, 5.41) is 0. The maximum atomic E-state index is 2.66. The average Bonchev–Trinajstić information content (AvgIpc) is 2.92. The van der Waals surface area contributed by atoms with E-state index in [1.807, 2.05) is 0 Å². The molecule has 0 saturated heterocycles. The normalized spacial score (nSPS) is 16.7. The third-order valence-corrected chi connectivity index (χ3v) is 18.1. The zero-order valence-electron chi connectivity index (χ0n) is 12.8. The van der Waals surface area contributed by atoms with Crippen molar-refractivity contribution in [1.82, 2.24) is 8.53 Å². The molecule has 0 spiro atoms. The van der Waals surface area contributed by atoms with E-state index in [1.165, 1.54) is 0 Å². The van der Waals surface area contributed by atoms with Gasteiger partial charge < -0.3 is 0 Å². The molecule has 0 amide bonds. The fraction of sp³-hybridized carbons (Fsp3) is 0.714. The minimum absolute atomic E-state index is 0.624.